The molecule has 2 aromatic carbocycles. The van der Waals surface area contributed by atoms with Gasteiger partial charge in [-0.1, -0.05) is 40.5 Å². The van der Waals surface area contributed by atoms with Crippen LogP contribution in [0.5, 0.6) is 0 Å². The van der Waals surface area contributed by atoms with E-state index in [2.05, 4.69) is 10.5 Å². The Morgan fingerprint density at radius 1 is 1.10 bits per heavy atom. The molecule has 4 N–H and O–H groups in total. The molecule has 108 valence electrons. The van der Waals surface area contributed by atoms with Gasteiger partial charge in [-0.3, -0.25) is 4.79 Å². The second-order valence-electron chi connectivity index (χ2n) is 4.18. The Morgan fingerprint density at radius 3 is 2.33 bits per heavy atom. The summed E-state index contributed by atoms with van der Waals surface area (Å²) in [7, 11) is 0. The lowest BCUT2D eigenvalue weighted by atomic mass is 10.1. The number of amidine groups is 1. The van der Waals surface area contributed by atoms with Crippen molar-refractivity contribution >= 4 is 40.6 Å². The molecule has 0 bridgehead atoms. The highest BCUT2D eigenvalue weighted by Crippen LogP contribution is 2.23. The minimum absolute atomic E-state index is 0.0737. The molecule has 0 unspecified atom stereocenters. The van der Waals surface area contributed by atoms with Gasteiger partial charge in [0.2, 0.25) is 0 Å². The van der Waals surface area contributed by atoms with Crippen molar-refractivity contribution in [2.45, 2.75) is 0 Å². The molecule has 0 aliphatic heterocycles. The van der Waals surface area contributed by atoms with E-state index < -0.39 is 0 Å². The molecule has 2 rings (SSSR count). The summed E-state index contributed by atoms with van der Waals surface area (Å²) in [6.07, 6.45) is 0. The molecule has 0 saturated heterocycles. The average molecular weight is 324 g/mol. The maximum atomic E-state index is 12.2. The minimum Gasteiger partial charge on any atom is -0.409 e. The van der Waals surface area contributed by atoms with Gasteiger partial charge in [0.05, 0.1) is 0 Å². The number of amides is 1. The molecule has 0 spiro atoms. The summed E-state index contributed by atoms with van der Waals surface area (Å²) in [6.45, 7) is 0. The van der Waals surface area contributed by atoms with Gasteiger partial charge in [-0.2, -0.15) is 0 Å². The van der Waals surface area contributed by atoms with Gasteiger partial charge in [-0.25, -0.2) is 0 Å². The lowest BCUT2D eigenvalue weighted by molar-refractivity contribution is 0.102. The summed E-state index contributed by atoms with van der Waals surface area (Å²) >= 11 is 11.7. The van der Waals surface area contributed by atoms with Crippen LogP contribution in [0.1, 0.15) is 15.9 Å². The summed E-state index contributed by atoms with van der Waals surface area (Å²) in [4.78, 5) is 12.2. The van der Waals surface area contributed by atoms with Crippen LogP contribution in [0.2, 0.25) is 10.0 Å². The quantitative estimate of drug-likeness (QED) is 0.350. The SMILES string of the molecule is N/C(=N\O)c1cccc(C(=O)Nc2cc(Cl)cc(Cl)c2)c1. The fourth-order valence-corrected chi connectivity index (χ4v) is 2.23. The second kappa shape index (κ2) is 6.47. The van der Waals surface area contributed by atoms with E-state index in [1.807, 2.05) is 0 Å². The van der Waals surface area contributed by atoms with Crippen LogP contribution < -0.4 is 11.1 Å². The molecule has 1 amide bonds. The molecule has 0 atom stereocenters. The zero-order chi connectivity index (χ0) is 15.4. The number of hydrogen-bond donors (Lipinski definition) is 3. The Bertz CT molecular complexity index is 697. The topological polar surface area (TPSA) is 87.7 Å². The third kappa shape index (κ3) is 3.87. The predicted molar refractivity (Wildman–Crippen MR) is 83.4 cm³/mol. The molecule has 0 saturated carbocycles. The maximum absolute atomic E-state index is 12.2. The average Bonchev–Trinajstić information content (AvgIpc) is 2.45. The standard InChI is InChI=1S/C14H11Cl2N3O2/c15-10-5-11(16)7-12(6-10)18-14(20)9-3-1-2-8(4-9)13(17)19-21/h1-7,21H,(H2,17,19)(H,18,20). The van der Waals surface area contributed by atoms with Crippen molar-refractivity contribution in [3.8, 4) is 0 Å². The third-order valence-corrected chi connectivity index (χ3v) is 3.09. The molecule has 21 heavy (non-hydrogen) atoms. The molecular weight excluding hydrogens is 313 g/mol. The van der Waals surface area contributed by atoms with Crippen molar-refractivity contribution in [1.82, 2.24) is 0 Å². The normalized spacial score (nSPS) is 11.2. The number of oxime groups is 1. The van der Waals surface area contributed by atoms with Gasteiger partial charge >= 0.3 is 0 Å². The van der Waals surface area contributed by atoms with Crippen molar-refractivity contribution in [2.75, 3.05) is 5.32 Å². The van der Waals surface area contributed by atoms with Crippen LogP contribution in [0.4, 0.5) is 5.69 Å². The Morgan fingerprint density at radius 2 is 1.71 bits per heavy atom. The van der Waals surface area contributed by atoms with Crippen molar-refractivity contribution in [2.24, 2.45) is 10.9 Å². The first-order valence-corrected chi connectivity index (χ1v) is 6.60. The van der Waals surface area contributed by atoms with Gasteiger partial charge < -0.3 is 16.3 Å². The number of anilines is 1. The molecule has 5 nitrogen and oxygen atoms in total. The number of halogens is 2. The molecular formula is C14H11Cl2N3O2. The van der Waals surface area contributed by atoms with Gasteiger partial charge in [-0.05, 0) is 30.3 Å². The van der Waals surface area contributed by atoms with Gasteiger partial charge in [0.25, 0.3) is 5.91 Å². The fraction of sp³-hybridized carbons (Fsp3) is 0. The van der Waals surface area contributed by atoms with Gasteiger partial charge in [0.1, 0.15) is 0 Å². The van der Waals surface area contributed by atoms with Gasteiger partial charge in [0.15, 0.2) is 5.84 Å². The summed E-state index contributed by atoms with van der Waals surface area (Å²) in [5.74, 6) is -0.434. The Hall–Kier alpha value is -2.24. The van der Waals surface area contributed by atoms with E-state index in [0.717, 1.165) is 0 Å². The Balaban J connectivity index is 2.24. The summed E-state index contributed by atoms with van der Waals surface area (Å²) in [6, 6.07) is 11.1. The van der Waals surface area contributed by atoms with Crippen LogP contribution in [-0.4, -0.2) is 17.0 Å². The summed E-state index contributed by atoms with van der Waals surface area (Å²) in [5, 5.41) is 15.1. The molecule has 0 heterocycles. The second-order valence-corrected chi connectivity index (χ2v) is 5.05. The molecule has 0 aliphatic carbocycles. The van der Waals surface area contributed by atoms with Crippen LogP contribution in [0.25, 0.3) is 0 Å². The van der Waals surface area contributed by atoms with E-state index in [1.54, 1.807) is 36.4 Å². The number of benzene rings is 2. The third-order valence-electron chi connectivity index (χ3n) is 2.65. The number of carbonyl (C=O) groups is 1. The van der Waals surface area contributed by atoms with Crippen LogP contribution in [0.15, 0.2) is 47.6 Å². The van der Waals surface area contributed by atoms with Gasteiger partial charge in [-0.15, -0.1) is 0 Å². The number of rotatable bonds is 3. The molecule has 0 radical (unpaired) electrons. The van der Waals surface area contributed by atoms with E-state index >= 15 is 0 Å². The highest BCUT2D eigenvalue weighted by atomic mass is 35.5. The number of hydrogen-bond acceptors (Lipinski definition) is 3. The first-order chi connectivity index (χ1) is 9.99. The van der Waals surface area contributed by atoms with Crippen LogP contribution in [0, 0.1) is 0 Å². The number of carbonyl (C=O) groups excluding carboxylic acids is 1. The van der Waals surface area contributed by atoms with E-state index in [-0.39, 0.29) is 11.7 Å². The van der Waals surface area contributed by atoms with Crippen molar-refractivity contribution in [1.29, 1.82) is 0 Å². The monoisotopic (exact) mass is 323 g/mol. The summed E-state index contributed by atoms with van der Waals surface area (Å²) in [5.41, 5.74) is 6.76. The first kappa shape index (κ1) is 15.2. The lowest BCUT2D eigenvalue weighted by Gasteiger charge is -2.07. The molecule has 2 aromatic rings. The smallest absolute Gasteiger partial charge is 0.255 e. The van der Waals surface area contributed by atoms with Crippen LogP contribution >= 0.6 is 23.2 Å². The highest BCUT2D eigenvalue weighted by Gasteiger charge is 2.09. The van der Waals surface area contributed by atoms with E-state index in [1.165, 1.54) is 6.07 Å². The lowest BCUT2D eigenvalue weighted by Crippen LogP contribution is -2.16. The number of nitrogens with one attached hydrogen (secondary N) is 1. The van der Waals surface area contributed by atoms with Crippen LogP contribution in [-0.2, 0) is 0 Å². The zero-order valence-corrected chi connectivity index (χ0v) is 12.2. The van der Waals surface area contributed by atoms with E-state index in [9.17, 15) is 4.79 Å². The minimum atomic E-state index is -0.360. The Labute approximate surface area is 131 Å². The maximum Gasteiger partial charge on any atom is 0.255 e. The molecule has 7 heteroatoms. The van der Waals surface area contributed by atoms with Crippen LogP contribution in [0.3, 0.4) is 0 Å². The van der Waals surface area contributed by atoms with Crippen molar-refractivity contribution in [3.63, 3.8) is 0 Å². The van der Waals surface area contributed by atoms with E-state index in [4.69, 9.17) is 34.1 Å². The highest BCUT2D eigenvalue weighted by molar-refractivity contribution is 6.35. The van der Waals surface area contributed by atoms with Crippen molar-refractivity contribution < 1.29 is 10.0 Å². The fourth-order valence-electron chi connectivity index (χ4n) is 1.71. The first-order valence-electron chi connectivity index (χ1n) is 5.85. The zero-order valence-electron chi connectivity index (χ0n) is 10.7. The van der Waals surface area contributed by atoms with Gasteiger partial charge in [0, 0.05) is 26.9 Å². The predicted octanol–water partition coefficient (Wildman–Crippen LogP) is 3.34. The number of nitrogens with two attached hydrogens (primary N) is 1. The molecule has 0 aliphatic rings. The van der Waals surface area contributed by atoms with Crippen molar-refractivity contribution in [3.05, 3.63) is 63.6 Å². The summed E-state index contributed by atoms with van der Waals surface area (Å²) < 4.78 is 0. The molecule has 0 aromatic heterocycles. The molecule has 0 fully saturated rings. The Kier molecular flexibility index (Phi) is 4.67. The largest absolute Gasteiger partial charge is 0.409 e. The van der Waals surface area contributed by atoms with E-state index in [0.29, 0.717) is 26.9 Å². The number of nitrogens with zero attached hydrogens (tertiary/aromatic N) is 1.